The zero-order valence-electron chi connectivity index (χ0n) is 18.1. The summed E-state index contributed by atoms with van der Waals surface area (Å²) in [4.78, 5) is 18.8. The van der Waals surface area contributed by atoms with Gasteiger partial charge in [-0.2, -0.15) is 10.1 Å². The van der Waals surface area contributed by atoms with Gasteiger partial charge in [0.25, 0.3) is 0 Å². The largest absolute Gasteiger partial charge is 0.438 e. The Morgan fingerprint density at radius 2 is 2.03 bits per heavy atom. The molecule has 0 bridgehead atoms. The fourth-order valence-corrected chi connectivity index (χ4v) is 4.14. The van der Waals surface area contributed by atoms with E-state index in [9.17, 15) is 4.79 Å². The summed E-state index contributed by atoms with van der Waals surface area (Å²) in [7, 11) is 0. The van der Waals surface area contributed by atoms with E-state index in [0.29, 0.717) is 38.0 Å². The van der Waals surface area contributed by atoms with Crippen molar-refractivity contribution in [2.45, 2.75) is 51.2 Å². The Morgan fingerprint density at radius 1 is 1.26 bits per heavy atom. The minimum Gasteiger partial charge on any atom is -0.438 e. The average Bonchev–Trinajstić information content (AvgIpc) is 3.39. The zero-order chi connectivity index (χ0) is 21.6. The first-order valence-corrected chi connectivity index (χ1v) is 10.8. The normalized spacial score (nSPS) is 19.0. The van der Waals surface area contributed by atoms with Crippen molar-refractivity contribution >= 4 is 17.0 Å². The highest BCUT2D eigenvalue weighted by Gasteiger charge is 2.39. The molecule has 0 saturated carbocycles. The quantitative estimate of drug-likeness (QED) is 0.628. The van der Waals surface area contributed by atoms with Crippen molar-refractivity contribution in [1.82, 2.24) is 24.8 Å². The third kappa shape index (κ3) is 3.78. The number of ether oxygens (including phenoxy) is 2. The number of piperidine rings is 1. The summed E-state index contributed by atoms with van der Waals surface area (Å²) in [5.74, 6) is 1.34. The lowest BCUT2D eigenvalue weighted by Gasteiger charge is -2.39. The van der Waals surface area contributed by atoms with E-state index < -0.39 is 5.60 Å². The molecule has 164 valence electrons. The number of nitrogens with zero attached hydrogens (tertiary/aromatic N) is 5. The molecule has 4 heterocycles. The van der Waals surface area contributed by atoms with E-state index in [1.807, 2.05) is 29.9 Å². The van der Waals surface area contributed by atoms with Crippen molar-refractivity contribution in [3.8, 4) is 11.4 Å². The summed E-state index contributed by atoms with van der Waals surface area (Å²) in [6.07, 6.45) is 3.13. The summed E-state index contributed by atoms with van der Waals surface area (Å²) < 4.78 is 18.3. The third-order valence-electron chi connectivity index (χ3n) is 6.04. The lowest BCUT2D eigenvalue weighted by molar-refractivity contribution is -0.172. The minimum atomic E-state index is -0.485. The Balaban J connectivity index is 1.26. The van der Waals surface area contributed by atoms with Crippen LogP contribution < -0.4 is 0 Å². The number of likely N-dealkylation sites (tertiary alicyclic amines) is 1. The molecule has 2 aliphatic heterocycles. The molecule has 2 fully saturated rings. The summed E-state index contributed by atoms with van der Waals surface area (Å²) in [5.41, 5.74) is 1.47. The Morgan fingerprint density at radius 3 is 2.71 bits per heavy atom. The molecule has 0 radical (unpaired) electrons. The van der Waals surface area contributed by atoms with Gasteiger partial charge in [0.05, 0.1) is 24.9 Å². The summed E-state index contributed by atoms with van der Waals surface area (Å²) in [6.45, 7) is 8.25. The van der Waals surface area contributed by atoms with Gasteiger partial charge in [0.1, 0.15) is 0 Å². The molecule has 2 saturated heterocycles. The Labute approximate surface area is 180 Å². The van der Waals surface area contributed by atoms with E-state index in [0.717, 1.165) is 29.3 Å². The van der Waals surface area contributed by atoms with Crippen molar-refractivity contribution in [3.05, 3.63) is 30.3 Å². The van der Waals surface area contributed by atoms with Crippen LogP contribution in [0.3, 0.4) is 0 Å². The van der Waals surface area contributed by atoms with Crippen LogP contribution in [0.25, 0.3) is 22.3 Å². The minimum absolute atomic E-state index is 0.137. The van der Waals surface area contributed by atoms with Gasteiger partial charge in [-0.1, -0.05) is 17.3 Å². The van der Waals surface area contributed by atoms with Crippen LogP contribution in [0.1, 0.15) is 51.5 Å². The SMILES string of the molecule is CC(C)n1ncc2ccc(-c3noc(C4CCN(C(=O)OC5(C)COC5)CC4)n3)cc21. The molecule has 0 unspecified atom stereocenters. The van der Waals surface area contributed by atoms with Gasteiger partial charge in [0, 0.05) is 36.0 Å². The molecule has 3 aromatic rings. The second kappa shape index (κ2) is 7.64. The van der Waals surface area contributed by atoms with Gasteiger partial charge in [0.15, 0.2) is 5.60 Å². The van der Waals surface area contributed by atoms with Crippen LogP contribution in [0.4, 0.5) is 4.79 Å². The van der Waals surface area contributed by atoms with Gasteiger partial charge in [-0.25, -0.2) is 4.79 Å². The number of hydrogen-bond donors (Lipinski definition) is 0. The fourth-order valence-electron chi connectivity index (χ4n) is 4.14. The van der Waals surface area contributed by atoms with Crippen molar-refractivity contribution in [1.29, 1.82) is 0 Å². The molecule has 9 heteroatoms. The first-order valence-electron chi connectivity index (χ1n) is 10.8. The number of aromatic nitrogens is 4. The first-order chi connectivity index (χ1) is 14.9. The molecule has 2 aliphatic rings. The molecule has 31 heavy (non-hydrogen) atoms. The summed E-state index contributed by atoms with van der Waals surface area (Å²) in [5, 5.41) is 9.76. The number of hydrogen-bond acceptors (Lipinski definition) is 7. The highest BCUT2D eigenvalue weighted by molar-refractivity contribution is 5.83. The monoisotopic (exact) mass is 425 g/mol. The molecular formula is C22H27N5O4. The van der Waals surface area contributed by atoms with E-state index in [-0.39, 0.29) is 18.1 Å². The maximum atomic E-state index is 12.4. The van der Waals surface area contributed by atoms with E-state index in [1.54, 1.807) is 4.90 Å². The van der Waals surface area contributed by atoms with E-state index in [4.69, 9.17) is 14.0 Å². The second-order valence-corrected chi connectivity index (χ2v) is 8.98. The molecule has 0 spiro atoms. The van der Waals surface area contributed by atoms with E-state index >= 15 is 0 Å². The van der Waals surface area contributed by atoms with E-state index in [1.165, 1.54) is 0 Å². The maximum Gasteiger partial charge on any atom is 0.410 e. The van der Waals surface area contributed by atoms with Gasteiger partial charge in [-0.3, -0.25) is 4.68 Å². The highest BCUT2D eigenvalue weighted by Crippen LogP contribution is 2.31. The maximum absolute atomic E-state index is 12.4. The molecule has 2 aromatic heterocycles. The molecule has 1 aromatic carbocycles. The fraction of sp³-hybridized carbons (Fsp3) is 0.545. The third-order valence-corrected chi connectivity index (χ3v) is 6.04. The van der Waals surface area contributed by atoms with Crippen LogP contribution in [0, 0.1) is 0 Å². The predicted octanol–water partition coefficient (Wildman–Crippen LogP) is 3.77. The van der Waals surface area contributed by atoms with Crippen LogP contribution >= 0.6 is 0 Å². The van der Waals surface area contributed by atoms with E-state index in [2.05, 4.69) is 35.2 Å². The molecule has 9 nitrogen and oxygen atoms in total. The summed E-state index contributed by atoms with van der Waals surface area (Å²) in [6, 6.07) is 6.35. The van der Waals surface area contributed by atoms with Gasteiger partial charge in [-0.05, 0) is 39.7 Å². The predicted molar refractivity (Wildman–Crippen MR) is 113 cm³/mol. The molecule has 5 rings (SSSR count). The molecule has 1 amide bonds. The summed E-state index contributed by atoms with van der Waals surface area (Å²) >= 11 is 0. The van der Waals surface area contributed by atoms with Gasteiger partial charge < -0.3 is 18.9 Å². The lowest BCUT2D eigenvalue weighted by atomic mass is 9.97. The van der Waals surface area contributed by atoms with Gasteiger partial charge in [0.2, 0.25) is 11.7 Å². The van der Waals surface area contributed by atoms with Crippen LogP contribution in [0.5, 0.6) is 0 Å². The number of carbonyl (C=O) groups is 1. The molecule has 0 N–H and O–H groups in total. The Hall–Kier alpha value is -2.94. The van der Waals surface area contributed by atoms with Gasteiger partial charge in [-0.15, -0.1) is 0 Å². The zero-order valence-corrected chi connectivity index (χ0v) is 18.1. The van der Waals surface area contributed by atoms with Crippen molar-refractivity contribution in [2.75, 3.05) is 26.3 Å². The molecule has 0 aliphatic carbocycles. The number of amides is 1. The molecular weight excluding hydrogens is 398 g/mol. The lowest BCUT2D eigenvalue weighted by Crippen LogP contribution is -2.53. The van der Waals surface area contributed by atoms with Gasteiger partial charge >= 0.3 is 6.09 Å². The molecule has 0 atom stereocenters. The van der Waals surface area contributed by atoms with Crippen molar-refractivity contribution in [3.63, 3.8) is 0 Å². The number of carbonyl (C=O) groups excluding carboxylic acids is 1. The highest BCUT2D eigenvalue weighted by atomic mass is 16.6. The van der Waals surface area contributed by atoms with Crippen molar-refractivity contribution in [2.24, 2.45) is 0 Å². The standard InChI is InChI=1S/C22H27N5O4/c1-14(2)27-18-10-16(4-5-17(18)11-23-27)19-24-20(31-25-19)15-6-8-26(9-7-15)21(28)30-22(3)12-29-13-22/h4-5,10-11,14-15H,6-9,12-13H2,1-3H3. The first kappa shape index (κ1) is 20.0. The smallest absolute Gasteiger partial charge is 0.410 e. The van der Waals surface area contributed by atoms with Crippen LogP contribution in [-0.4, -0.2) is 62.8 Å². The van der Waals surface area contributed by atoms with Crippen LogP contribution in [0.15, 0.2) is 28.9 Å². The van der Waals surface area contributed by atoms with Crippen molar-refractivity contribution < 1.29 is 18.8 Å². The second-order valence-electron chi connectivity index (χ2n) is 8.98. The number of rotatable bonds is 4. The van der Waals surface area contributed by atoms with Crippen LogP contribution in [0.2, 0.25) is 0 Å². The number of fused-ring (bicyclic) bond motifs is 1. The number of benzene rings is 1. The Bertz CT molecular complexity index is 1090. The topological polar surface area (TPSA) is 95.5 Å². The Kier molecular flexibility index (Phi) is 4.92. The average molecular weight is 425 g/mol. The van der Waals surface area contributed by atoms with Crippen LogP contribution in [-0.2, 0) is 9.47 Å².